The quantitative estimate of drug-likeness (QED) is 0.765. The predicted octanol–water partition coefficient (Wildman–Crippen LogP) is -0.955. The van der Waals surface area contributed by atoms with Gasteiger partial charge in [-0.3, -0.25) is 23.7 Å². The number of rotatable bonds is 4. The number of β-amino-alcohol motifs (C(OH)–C–C–N with tert-alkyl or cyclic N) is 1. The number of amides is 1. The van der Waals surface area contributed by atoms with E-state index in [9.17, 15) is 14.7 Å². The normalized spacial score (nSPS) is 16.6. The molecule has 3 rings (SSSR count). The number of piperazine rings is 1. The molecule has 1 fully saturated rings. The minimum Gasteiger partial charge on any atom is -0.389 e. The van der Waals surface area contributed by atoms with E-state index in [2.05, 4.69) is 15.0 Å². The molecule has 0 bridgehead atoms. The first-order chi connectivity index (χ1) is 11.7. The third-order valence-electron chi connectivity index (χ3n) is 4.36. The van der Waals surface area contributed by atoms with Crippen LogP contribution in [0.15, 0.2) is 17.3 Å². The lowest BCUT2D eigenvalue weighted by atomic mass is 10.1. The summed E-state index contributed by atoms with van der Waals surface area (Å²) in [5.74, 6) is -0.102. The first-order valence-corrected chi connectivity index (χ1v) is 8.34. The van der Waals surface area contributed by atoms with Crippen LogP contribution in [0.2, 0.25) is 0 Å². The van der Waals surface area contributed by atoms with Gasteiger partial charge in [-0.05, 0) is 13.8 Å². The van der Waals surface area contributed by atoms with Gasteiger partial charge < -0.3 is 10.0 Å². The Balaban J connectivity index is 1.64. The molecule has 1 aliphatic rings. The summed E-state index contributed by atoms with van der Waals surface area (Å²) >= 11 is 0. The van der Waals surface area contributed by atoms with Crippen LogP contribution in [0.25, 0.3) is 11.0 Å². The minimum atomic E-state index is -0.746. The average Bonchev–Trinajstić information content (AvgIpc) is 2.91. The molecule has 2 aromatic heterocycles. The van der Waals surface area contributed by atoms with Crippen molar-refractivity contribution in [2.24, 2.45) is 7.05 Å². The Morgan fingerprint density at radius 1 is 1.28 bits per heavy atom. The minimum absolute atomic E-state index is 0.0256. The molecule has 0 spiro atoms. The average molecular weight is 348 g/mol. The summed E-state index contributed by atoms with van der Waals surface area (Å²) in [5.41, 5.74) is -0.495. The Hall–Kier alpha value is -2.26. The summed E-state index contributed by atoms with van der Waals surface area (Å²) in [6, 6.07) is 0. The Bertz CT molecular complexity index is 826. The summed E-state index contributed by atoms with van der Waals surface area (Å²) in [6.07, 6.45) is 2.87. The van der Waals surface area contributed by atoms with Crippen LogP contribution in [0.1, 0.15) is 13.8 Å². The Kier molecular flexibility index (Phi) is 4.61. The van der Waals surface area contributed by atoms with Gasteiger partial charge in [-0.1, -0.05) is 0 Å². The SMILES string of the molecule is Cn1ncc2c(=O)n(CC(=O)N3CCN(CC(C)(C)O)CC3)cnc21. The number of carbonyl (C=O) groups is 1. The molecule has 0 atom stereocenters. The van der Waals surface area contributed by atoms with Crippen LogP contribution in [0, 0.1) is 0 Å². The zero-order chi connectivity index (χ0) is 18.2. The van der Waals surface area contributed by atoms with E-state index in [0.717, 1.165) is 0 Å². The highest BCUT2D eigenvalue weighted by atomic mass is 16.3. The van der Waals surface area contributed by atoms with Crippen LogP contribution >= 0.6 is 0 Å². The van der Waals surface area contributed by atoms with Crippen LogP contribution in [0.3, 0.4) is 0 Å². The molecule has 0 radical (unpaired) electrons. The van der Waals surface area contributed by atoms with E-state index in [1.54, 1.807) is 25.8 Å². The fourth-order valence-electron chi connectivity index (χ4n) is 3.13. The molecule has 9 nitrogen and oxygen atoms in total. The maximum absolute atomic E-state index is 12.5. The van der Waals surface area contributed by atoms with Gasteiger partial charge in [0.05, 0.1) is 11.8 Å². The zero-order valence-electron chi connectivity index (χ0n) is 14.8. The Morgan fingerprint density at radius 2 is 1.96 bits per heavy atom. The van der Waals surface area contributed by atoms with Gasteiger partial charge in [0.2, 0.25) is 5.91 Å². The molecule has 0 saturated carbocycles. The largest absolute Gasteiger partial charge is 0.389 e. The molecule has 1 aliphatic heterocycles. The van der Waals surface area contributed by atoms with Crippen LogP contribution in [0.4, 0.5) is 0 Å². The predicted molar refractivity (Wildman–Crippen MR) is 92.1 cm³/mol. The summed E-state index contributed by atoms with van der Waals surface area (Å²) in [6.45, 7) is 6.71. The molecule has 2 aromatic rings. The maximum Gasteiger partial charge on any atom is 0.264 e. The molecule has 0 unspecified atom stereocenters. The number of aliphatic hydroxyl groups is 1. The molecule has 9 heteroatoms. The summed E-state index contributed by atoms with van der Waals surface area (Å²) in [7, 11) is 1.72. The van der Waals surface area contributed by atoms with Crippen molar-refractivity contribution in [3.8, 4) is 0 Å². The first-order valence-electron chi connectivity index (χ1n) is 8.34. The molecular weight excluding hydrogens is 324 g/mol. The fourth-order valence-corrected chi connectivity index (χ4v) is 3.13. The zero-order valence-corrected chi connectivity index (χ0v) is 14.8. The van der Waals surface area contributed by atoms with Gasteiger partial charge in [-0.15, -0.1) is 0 Å². The van der Waals surface area contributed by atoms with Crippen LogP contribution < -0.4 is 5.56 Å². The van der Waals surface area contributed by atoms with Crippen molar-refractivity contribution in [2.45, 2.75) is 26.0 Å². The molecule has 3 heterocycles. The lowest BCUT2D eigenvalue weighted by molar-refractivity contribution is -0.134. The second kappa shape index (κ2) is 6.57. The number of nitrogens with zero attached hydrogens (tertiary/aromatic N) is 6. The van der Waals surface area contributed by atoms with Gasteiger partial charge in [0.25, 0.3) is 5.56 Å². The molecule has 25 heavy (non-hydrogen) atoms. The number of hydrogen-bond donors (Lipinski definition) is 1. The van der Waals surface area contributed by atoms with Gasteiger partial charge in [-0.25, -0.2) is 4.98 Å². The van der Waals surface area contributed by atoms with E-state index in [-0.39, 0.29) is 18.0 Å². The summed E-state index contributed by atoms with van der Waals surface area (Å²) < 4.78 is 2.86. The Labute approximate surface area is 145 Å². The number of fused-ring (bicyclic) bond motifs is 1. The third-order valence-corrected chi connectivity index (χ3v) is 4.36. The van der Waals surface area contributed by atoms with Crippen LogP contribution in [-0.4, -0.2) is 78.5 Å². The number of hydrogen-bond acceptors (Lipinski definition) is 6. The van der Waals surface area contributed by atoms with Crippen molar-refractivity contribution in [1.82, 2.24) is 29.1 Å². The monoisotopic (exact) mass is 348 g/mol. The van der Waals surface area contributed by atoms with E-state index in [1.807, 2.05) is 0 Å². The Morgan fingerprint density at radius 3 is 2.60 bits per heavy atom. The molecule has 0 aromatic carbocycles. The van der Waals surface area contributed by atoms with E-state index in [1.165, 1.54) is 21.8 Å². The number of aryl methyl sites for hydroxylation is 1. The van der Waals surface area contributed by atoms with Crippen LogP contribution in [0.5, 0.6) is 0 Å². The van der Waals surface area contributed by atoms with Gasteiger partial charge in [0, 0.05) is 39.8 Å². The molecule has 0 aliphatic carbocycles. The lowest BCUT2D eigenvalue weighted by Gasteiger charge is -2.37. The van der Waals surface area contributed by atoms with Crippen molar-refractivity contribution >= 4 is 16.9 Å². The van der Waals surface area contributed by atoms with Gasteiger partial charge in [0.15, 0.2) is 5.65 Å². The molecule has 1 N–H and O–H groups in total. The van der Waals surface area contributed by atoms with E-state index in [0.29, 0.717) is 43.8 Å². The van der Waals surface area contributed by atoms with Crippen LogP contribution in [-0.2, 0) is 18.4 Å². The van der Waals surface area contributed by atoms with Gasteiger partial charge >= 0.3 is 0 Å². The second-order valence-corrected chi connectivity index (χ2v) is 7.15. The van der Waals surface area contributed by atoms with Crippen molar-refractivity contribution in [3.63, 3.8) is 0 Å². The van der Waals surface area contributed by atoms with E-state index >= 15 is 0 Å². The molecule has 1 saturated heterocycles. The number of carbonyl (C=O) groups excluding carboxylic acids is 1. The molecular formula is C16H24N6O3. The van der Waals surface area contributed by atoms with Crippen molar-refractivity contribution in [1.29, 1.82) is 0 Å². The smallest absolute Gasteiger partial charge is 0.264 e. The van der Waals surface area contributed by atoms with Gasteiger partial charge in [-0.2, -0.15) is 5.10 Å². The van der Waals surface area contributed by atoms with Gasteiger partial charge in [0.1, 0.15) is 18.3 Å². The van der Waals surface area contributed by atoms with Crippen molar-refractivity contribution in [2.75, 3.05) is 32.7 Å². The van der Waals surface area contributed by atoms with Crippen molar-refractivity contribution in [3.05, 3.63) is 22.9 Å². The highest BCUT2D eigenvalue weighted by Crippen LogP contribution is 2.09. The summed E-state index contributed by atoms with van der Waals surface area (Å²) in [4.78, 5) is 33.0. The third kappa shape index (κ3) is 3.88. The highest BCUT2D eigenvalue weighted by molar-refractivity contribution is 5.77. The lowest BCUT2D eigenvalue weighted by Crippen LogP contribution is -2.52. The fraction of sp³-hybridized carbons (Fsp3) is 0.625. The van der Waals surface area contributed by atoms with E-state index < -0.39 is 5.60 Å². The molecule has 1 amide bonds. The topological polar surface area (TPSA) is 96.5 Å². The van der Waals surface area contributed by atoms with E-state index in [4.69, 9.17) is 0 Å². The maximum atomic E-state index is 12.5. The van der Waals surface area contributed by atoms with Crippen molar-refractivity contribution < 1.29 is 9.90 Å². The number of aromatic nitrogens is 4. The summed E-state index contributed by atoms with van der Waals surface area (Å²) in [5, 5.41) is 14.3. The highest BCUT2D eigenvalue weighted by Gasteiger charge is 2.25. The molecule has 136 valence electrons. The second-order valence-electron chi connectivity index (χ2n) is 7.15. The standard InChI is InChI=1S/C16H24N6O3/c1-16(2,25)10-20-4-6-21(7-5-20)13(23)9-22-11-17-14-12(15(22)24)8-18-19(14)3/h8,11,25H,4-7,9-10H2,1-3H3. The first kappa shape index (κ1) is 17.6.